The maximum Gasteiger partial charge on any atom is 0.419 e. The Bertz CT molecular complexity index is 911. The zero-order valence-electron chi connectivity index (χ0n) is 20.4. The molecular weight excluding hydrogens is 456 g/mol. The van der Waals surface area contributed by atoms with Crippen molar-refractivity contribution in [3.05, 3.63) is 41.2 Å². The van der Waals surface area contributed by atoms with Crippen LogP contribution in [0.5, 0.6) is 0 Å². The Labute approximate surface area is 206 Å². The number of ketones is 1. The highest BCUT2D eigenvalue weighted by atomic mass is 19.4. The Morgan fingerprint density at radius 2 is 1.74 bits per heavy atom. The molecule has 1 aromatic rings. The number of benzene rings is 1. The predicted octanol–water partition coefficient (Wildman–Crippen LogP) is 7.56. The number of hydrogen-bond donors (Lipinski definition) is 0. The molecule has 0 radical (unpaired) electrons. The Morgan fingerprint density at radius 3 is 2.37 bits per heavy atom. The smallest absolute Gasteiger partial charge is 0.300 e. The van der Waals surface area contributed by atoms with E-state index in [0.717, 1.165) is 38.4 Å². The van der Waals surface area contributed by atoms with Crippen LogP contribution in [0.2, 0.25) is 0 Å². The van der Waals surface area contributed by atoms with Crippen LogP contribution in [0.25, 0.3) is 5.57 Å². The quantitative estimate of drug-likeness (QED) is 0.236. The number of carbonyl (C=O) groups is 1. The number of nitriles is 1. The molecule has 192 valence electrons. The SMILES string of the molecule is N#CCCCC(=O)CCCC1CCC(CCN2CC=C(c3cccc(C(F)(F)F)c3F)CC2)CC1. The van der Waals surface area contributed by atoms with Crippen LogP contribution in [0.3, 0.4) is 0 Å². The van der Waals surface area contributed by atoms with Crippen molar-refractivity contribution in [2.75, 3.05) is 19.6 Å². The van der Waals surface area contributed by atoms with E-state index in [9.17, 15) is 22.4 Å². The van der Waals surface area contributed by atoms with Crippen LogP contribution in [0.4, 0.5) is 17.6 Å². The minimum atomic E-state index is -4.68. The molecule has 1 heterocycles. The lowest BCUT2D eigenvalue weighted by Crippen LogP contribution is -2.31. The van der Waals surface area contributed by atoms with Gasteiger partial charge in [0.15, 0.2) is 0 Å². The van der Waals surface area contributed by atoms with Crippen molar-refractivity contribution in [2.45, 2.75) is 83.2 Å². The Balaban J connectivity index is 1.35. The largest absolute Gasteiger partial charge is 0.419 e. The minimum Gasteiger partial charge on any atom is -0.300 e. The highest BCUT2D eigenvalue weighted by Crippen LogP contribution is 2.36. The molecule has 0 amide bonds. The third-order valence-electron chi connectivity index (χ3n) is 7.58. The van der Waals surface area contributed by atoms with Crippen molar-refractivity contribution in [3.63, 3.8) is 0 Å². The zero-order chi connectivity index (χ0) is 25.3. The molecule has 0 N–H and O–H groups in total. The summed E-state index contributed by atoms with van der Waals surface area (Å²) in [5.74, 6) is 0.523. The highest BCUT2D eigenvalue weighted by Gasteiger charge is 2.35. The van der Waals surface area contributed by atoms with Crippen molar-refractivity contribution in [1.29, 1.82) is 5.26 Å². The summed E-state index contributed by atoms with van der Waals surface area (Å²) in [4.78, 5) is 14.1. The van der Waals surface area contributed by atoms with Gasteiger partial charge >= 0.3 is 6.18 Å². The first kappa shape index (κ1) is 27.4. The van der Waals surface area contributed by atoms with Gasteiger partial charge in [-0.3, -0.25) is 9.69 Å². The summed E-state index contributed by atoms with van der Waals surface area (Å²) >= 11 is 0. The monoisotopic (exact) mass is 492 g/mol. The third-order valence-corrected chi connectivity index (χ3v) is 7.58. The topological polar surface area (TPSA) is 44.1 Å². The molecule has 1 aliphatic heterocycles. The van der Waals surface area contributed by atoms with Crippen LogP contribution in [0.15, 0.2) is 24.3 Å². The van der Waals surface area contributed by atoms with Gasteiger partial charge in [0.1, 0.15) is 11.6 Å². The number of alkyl halides is 3. The lowest BCUT2D eigenvalue weighted by Gasteiger charge is -2.32. The highest BCUT2D eigenvalue weighted by molar-refractivity contribution is 5.78. The van der Waals surface area contributed by atoms with E-state index in [1.165, 1.54) is 37.8 Å². The third kappa shape index (κ3) is 8.45. The van der Waals surface area contributed by atoms with Gasteiger partial charge in [-0.15, -0.1) is 0 Å². The summed E-state index contributed by atoms with van der Waals surface area (Å²) in [5.41, 5.74) is -0.466. The van der Waals surface area contributed by atoms with Gasteiger partial charge in [-0.2, -0.15) is 18.4 Å². The maximum atomic E-state index is 14.5. The molecule has 1 aliphatic carbocycles. The molecule has 1 aromatic carbocycles. The first-order valence-electron chi connectivity index (χ1n) is 12.9. The van der Waals surface area contributed by atoms with Gasteiger partial charge in [-0.25, -0.2) is 4.39 Å². The van der Waals surface area contributed by atoms with Crippen LogP contribution in [-0.2, 0) is 11.0 Å². The summed E-state index contributed by atoms with van der Waals surface area (Å²) in [6.45, 7) is 2.34. The molecule has 0 aromatic heterocycles. The van der Waals surface area contributed by atoms with Crippen molar-refractivity contribution in [2.24, 2.45) is 11.8 Å². The molecule has 0 atom stereocenters. The maximum absolute atomic E-state index is 14.5. The van der Waals surface area contributed by atoms with E-state index < -0.39 is 17.6 Å². The molecule has 1 fully saturated rings. The van der Waals surface area contributed by atoms with Crippen LogP contribution in [-0.4, -0.2) is 30.3 Å². The van der Waals surface area contributed by atoms with Crippen LogP contribution in [0.1, 0.15) is 88.2 Å². The summed E-state index contributed by atoms with van der Waals surface area (Å²) in [6.07, 6.45) is 8.09. The van der Waals surface area contributed by atoms with E-state index in [4.69, 9.17) is 5.26 Å². The fourth-order valence-electron chi connectivity index (χ4n) is 5.41. The second kappa shape index (κ2) is 13.2. The normalized spacial score (nSPS) is 21.4. The fourth-order valence-corrected chi connectivity index (χ4v) is 5.41. The summed E-state index contributed by atoms with van der Waals surface area (Å²) in [7, 11) is 0. The fraction of sp³-hybridized carbons (Fsp3) is 0.643. The van der Waals surface area contributed by atoms with Crippen molar-refractivity contribution in [1.82, 2.24) is 4.90 Å². The van der Waals surface area contributed by atoms with Crippen molar-refractivity contribution >= 4 is 11.4 Å². The minimum absolute atomic E-state index is 0.0710. The summed E-state index contributed by atoms with van der Waals surface area (Å²) in [6, 6.07) is 5.59. The molecule has 0 spiro atoms. The van der Waals surface area contributed by atoms with Crippen molar-refractivity contribution < 1.29 is 22.4 Å². The molecule has 7 heteroatoms. The number of hydrogen-bond acceptors (Lipinski definition) is 3. The van der Waals surface area contributed by atoms with E-state index in [1.807, 2.05) is 6.08 Å². The van der Waals surface area contributed by atoms with E-state index in [-0.39, 0.29) is 11.3 Å². The summed E-state index contributed by atoms with van der Waals surface area (Å²) in [5, 5.41) is 8.54. The first-order chi connectivity index (χ1) is 16.8. The van der Waals surface area contributed by atoms with Gasteiger partial charge in [0.2, 0.25) is 0 Å². The molecule has 0 bridgehead atoms. The van der Waals surface area contributed by atoms with E-state index in [1.54, 1.807) is 0 Å². The van der Waals surface area contributed by atoms with Gasteiger partial charge in [0, 0.05) is 37.9 Å². The Morgan fingerprint density at radius 1 is 1.06 bits per heavy atom. The number of carbonyl (C=O) groups excluding carboxylic acids is 1. The zero-order valence-corrected chi connectivity index (χ0v) is 20.4. The lowest BCUT2D eigenvalue weighted by molar-refractivity contribution is -0.140. The second-order valence-electron chi connectivity index (χ2n) is 10.1. The second-order valence-corrected chi connectivity index (χ2v) is 10.1. The Hall–Kier alpha value is -2.20. The van der Waals surface area contributed by atoms with E-state index in [0.29, 0.717) is 56.1 Å². The Kier molecular flexibility index (Phi) is 10.3. The number of nitrogens with zero attached hydrogens (tertiary/aromatic N) is 2. The van der Waals surface area contributed by atoms with Crippen molar-refractivity contribution in [3.8, 4) is 6.07 Å². The molecule has 35 heavy (non-hydrogen) atoms. The average molecular weight is 493 g/mol. The van der Waals surface area contributed by atoms with Gasteiger partial charge in [0.25, 0.3) is 0 Å². The van der Waals surface area contributed by atoms with Gasteiger partial charge in [-0.05, 0) is 55.7 Å². The molecule has 3 nitrogen and oxygen atoms in total. The van der Waals surface area contributed by atoms with E-state index in [2.05, 4.69) is 11.0 Å². The van der Waals surface area contributed by atoms with Crippen LogP contribution in [0, 0.1) is 29.0 Å². The molecular formula is C28H36F4N2O. The molecule has 0 saturated heterocycles. The van der Waals surface area contributed by atoms with Crippen LogP contribution < -0.4 is 0 Å². The number of halogens is 4. The lowest BCUT2D eigenvalue weighted by atomic mass is 9.78. The molecule has 2 aliphatic rings. The van der Waals surface area contributed by atoms with E-state index >= 15 is 0 Å². The standard InChI is InChI=1S/C28H36F4N2O/c29-27-25(8-4-9-26(27)28(30,31)32)23-15-19-34(20-16-23)18-14-22-12-10-21(11-13-22)5-3-7-24(35)6-1-2-17-33/h4,8-9,15,21-22H,1-3,5-7,10-14,16,18-20H2. The van der Waals surface area contributed by atoms with Gasteiger partial charge in [-0.1, -0.05) is 50.3 Å². The summed E-state index contributed by atoms with van der Waals surface area (Å²) < 4.78 is 53.5. The molecule has 3 rings (SSSR count). The number of unbranched alkanes of at least 4 members (excludes halogenated alkanes) is 1. The molecule has 1 saturated carbocycles. The predicted molar refractivity (Wildman–Crippen MR) is 129 cm³/mol. The number of Topliss-reactive ketones (excluding diaryl/α,β-unsaturated/α-hetero) is 1. The molecule has 0 unspecified atom stereocenters. The van der Waals surface area contributed by atoms with Crippen LogP contribution >= 0.6 is 0 Å². The number of rotatable bonds is 11. The average Bonchev–Trinajstić information content (AvgIpc) is 2.83. The first-order valence-corrected chi connectivity index (χ1v) is 12.9. The van der Waals surface area contributed by atoms with Gasteiger partial charge in [0.05, 0.1) is 11.6 Å². The van der Waals surface area contributed by atoms with Gasteiger partial charge < -0.3 is 0 Å².